The van der Waals surface area contributed by atoms with Crippen LogP contribution in [-0.2, 0) is 0 Å². The maximum Gasteiger partial charge on any atom is 0.137 e. The number of nitrogens with zero attached hydrogens (tertiary/aromatic N) is 2. The third kappa shape index (κ3) is 2.67. The molecule has 0 bridgehead atoms. The van der Waals surface area contributed by atoms with E-state index in [0.29, 0.717) is 0 Å². The number of hydrogen-bond donors (Lipinski definition) is 1. The molecule has 102 valence electrons. The SMILES string of the molecule is CN1CC(c2c[nH]c3ncccc23)=CC(C)(C)C1.Cl. The lowest BCUT2D eigenvalue weighted by Gasteiger charge is -2.34. The van der Waals surface area contributed by atoms with Crippen LogP contribution in [-0.4, -0.2) is 35.0 Å². The average Bonchev–Trinajstić information content (AvgIpc) is 2.69. The van der Waals surface area contributed by atoms with Crippen molar-refractivity contribution in [2.75, 3.05) is 20.1 Å². The van der Waals surface area contributed by atoms with Crippen molar-refractivity contribution in [1.29, 1.82) is 0 Å². The van der Waals surface area contributed by atoms with E-state index >= 15 is 0 Å². The molecule has 0 spiro atoms. The van der Waals surface area contributed by atoms with E-state index < -0.39 is 0 Å². The fourth-order valence-electron chi connectivity index (χ4n) is 2.99. The molecule has 0 unspecified atom stereocenters. The van der Waals surface area contributed by atoms with Gasteiger partial charge < -0.3 is 9.88 Å². The van der Waals surface area contributed by atoms with Gasteiger partial charge in [0.2, 0.25) is 0 Å². The quantitative estimate of drug-likeness (QED) is 0.867. The van der Waals surface area contributed by atoms with E-state index in [-0.39, 0.29) is 17.8 Å². The molecule has 0 aromatic carbocycles. The molecule has 19 heavy (non-hydrogen) atoms. The van der Waals surface area contributed by atoms with E-state index in [0.717, 1.165) is 18.7 Å². The van der Waals surface area contributed by atoms with Gasteiger partial charge in [0.25, 0.3) is 0 Å². The summed E-state index contributed by atoms with van der Waals surface area (Å²) in [4.78, 5) is 9.99. The molecule has 1 aliphatic heterocycles. The molecule has 3 rings (SSSR count). The van der Waals surface area contributed by atoms with Crippen LogP contribution in [0.5, 0.6) is 0 Å². The van der Waals surface area contributed by atoms with Crippen molar-refractivity contribution in [3.8, 4) is 0 Å². The first-order chi connectivity index (χ1) is 8.55. The van der Waals surface area contributed by atoms with Crippen molar-refractivity contribution in [1.82, 2.24) is 14.9 Å². The third-order valence-corrected chi connectivity index (χ3v) is 3.48. The van der Waals surface area contributed by atoms with E-state index in [4.69, 9.17) is 0 Å². The Balaban J connectivity index is 0.00000133. The molecule has 0 fully saturated rings. The van der Waals surface area contributed by atoms with Crippen LogP contribution in [0.25, 0.3) is 16.6 Å². The molecular weight excluding hydrogens is 258 g/mol. The van der Waals surface area contributed by atoms with Gasteiger partial charge in [-0.15, -0.1) is 12.4 Å². The van der Waals surface area contributed by atoms with Crippen LogP contribution >= 0.6 is 12.4 Å². The summed E-state index contributed by atoms with van der Waals surface area (Å²) in [6.45, 7) is 6.69. The number of H-pyrrole nitrogens is 1. The number of halogens is 1. The van der Waals surface area contributed by atoms with Crippen LogP contribution in [0.2, 0.25) is 0 Å². The highest BCUT2D eigenvalue weighted by atomic mass is 35.5. The lowest BCUT2D eigenvalue weighted by atomic mass is 9.85. The van der Waals surface area contributed by atoms with Gasteiger partial charge in [0.05, 0.1) is 0 Å². The first-order valence-electron chi connectivity index (χ1n) is 6.38. The smallest absolute Gasteiger partial charge is 0.137 e. The standard InChI is InChI=1S/C15H19N3.ClH/c1-15(2)7-11(9-18(3)10-15)13-8-17-14-12(13)5-4-6-16-14;/h4-8H,9-10H2,1-3H3,(H,16,17);1H. The second kappa shape index (κ2) is 4.99. The lowest BCUT2D eigenvalue weighted by Crippen LogP contribution is -2.35. The summed E-state index contributed by atoms with van der Waals surface area (Å²) in [6, 6.07) is 4.13. The highest BCUT2D eigenvalue weighted by Crippen LogP contribution is 2.33. The van der Waals surface area contributed by atoms with Crippen LogP contribution in [0.1, 0.15) is 19.4 Å². The van der Waals surface area contributed by atoms with Crippen LogP contribution < -0.4 is 0 Å². The van der Waals surface area contributed by atoms with E-state index in [9.17, 15) is 0 Å². The fraction of sp³-hybridized carbons (Fsp3) is 0.400. The molecule has 3 nitrogen and oxygen atoms in total. The Morgan fingerprint density at radius 3 is 2.89 bits per heavy atom. The number of pyridine rings is 1. The molecule has 4 heteroatoms. The summed E-state index contributed by atoms with van der Waals surface area (Å²) in [7, 11) is 2.18. The van der Waals surface area contributed by atoms with Crippen molar-refractivity contribution in [3.05, 3.63) is 36.2 Å². The van der Waals surface area contributed by atoms with Crippen molar-refractivity contribution >= 4 is 29.0 Å². The Labute approximate surface area is 120 Å². The van der Waals surface area contributed by atoms with Crippen LogP contribution in [0, 0.1) is 5.41 Å². The minimum absolute atomic E-state index is 0. The van der Waals surface area contributed by atoms with Crippen LogP contribution in [0.15, 0.2) is 30.6 Å². The molecule has 0 saturated carbocycles. The predicted molar refractivity (Wildman–Crippen MR) is 82.6 cm³/mol. The van der Waals surface area contributed by atoms with Gasteiger partial charge >= 0.3 is 0 Å². The average molecular weight is 278 g/mol. The van der Waals surface area contributed by atoms with Crippen molar-refractivity contribution in [3.63, 3.8) is 0 Å². The number of likely N-dealkylation sites (N-methyl/N-ethyl adjacent to an activating group) is 1. The first kappa shape index (κ1) is 14.1. The normalized spacial score (nSPS) is 19.0. The minimum atomic E-state index is 0. The number of aromatic amines is 1. The molecule has 1 aliphatic rings. The minimum Gasteiger partial charge on any atom is -0.346 e. The molecular formula is C15H20ClN3. The summed E-state index contributed by atoms with van der Waals surface area (Å²) in [5.74, 6) is 0. The van der Waals surface area contributed by atoms with E-state index in [2.05, 4.69) is 54.1 Å². The molecule has 0 saturated heterocycles. The maximum atomic E-state index is 4.36. The number of hydrogen-bond acceptors (Lipinski definition) is 2. The summed E-state index contributed by atoms with van der Waals surface area (Å²) < 4.78 is 0. The Morgan fingerprint density at radius 1 is 1.37 bits per heavy atom. The summed E-state index contributed by atoms with van der Waals surface area (Å²) in [5, 5.41) is 1.22. The zero-order valence-electron chi connectivity index (χ0n) is 11.6. The number of aromatic nitrogens is 2. The van der Waals surface area contributed by atoms with Gasteiger partial charge in [-0.1, -0.05) is 19.9 Å². The first-order valence-corrected chi connectivity index (χ1v) is 6.38. The molecule has 0 radical (unpaired) electrons. The summed E-state index contributed by atoms with van der Waals surface area (Å²) in [6.07, 6.45) is 6.31. The third-order valence-electron chi connectivity index (χ3n) is 3.48. The second-order valence-corrected chi connectivity index (χ2v) is 5.93. The Bertz CT molecular complexity index is 613. The van der Waals surface area contributed by atoms with Crippen molar-refractivity contribution in [2.45, 2.75) is 13.8 Å². The zero-order valence-corrected chi connectivity index (χ0v) is 12.4. The Kier molecular flexibility index (Phi) is 3.70. The monoisotopic (exact) mass is 277 g/mol. The summed E-state index contributed by atoms with van der Waals surface area (Å²) >= 11 is 0. The zero-order chi connectivity index (χ0) is 12.8. The molecule has 0 aliphatic carbocycles. The number of nitrogens with one attached hydrogen (secondary N) is 1. The van der Waals surface area contributed by atoms with Gasteiger partial charge in [0, 0.05) is 36.4 Å². The van der Waals surface area contributed by atoms with E-state index in [1.165, 1.54) is 16.5 Å². The van der Waals surface area contributed by atoms with E-state index in [1.807, 2.05) is 12.3 Å². The topological polar surface area (TPSA) is 31.9 Å². The van der Waals surface area contributed by atoms with Gasteiger partial charge in [-0.3, -0.25) is 0 Å². The van der Waals surface area contributed by atoms with Gasteiger partial charge in [-0.2, -0.15) is 0 Å². The van der Waals surface area contributed by atoms with Gasteiger partial charge in [-0.05, 0) is 30.2 Å². The molecule has 0 atom stereocenters. The summed E-state index contributed by atoms with van der Waals surface area (Å²) in [5.41, 5.74) is 3.89. The molecule has 3 heterocycles. The molecule has 0 amide bonds. The molecule has 1 N–H and O–H groups in total. The fourth-order valence-corrected chi connectivity index (χ4v) is 2.99. The Hall–Kier alpha value is -1.32. The number of fused-ring (bicyclic) bond motifs is 1. The highest BCUT2D eigenvalue weighted by Gasteiger charge is 2.25. The Morgan fingerprint density at radius 2 is 2.16 bits per heavy atom. The molecule has 2 aromatic rings. The lowest BCUT2D eigenvalue weighted by molar-refractivity contribution is 0.259. The maximum absolute atomic E-state index is 4.36. The van der Waals surface area contributed by atoms with Gasteiger partial charge in [-0.25, -0.2) is 4.98 Å². The number of rotatable bonds is 1. The van der Waals surface area contributed by atoms with Crippen LogP contribution in [0.4, 0.5) is 0 Å². The largest absolute Gasteiger partial charge is 0.346 e. The van der Waals surface area contributed by atoms with Gasteiger partial charge in [0.1, 0.15) is 5.65 Å². The van der Waals surface area contributed by atoms with E-state index in [1.54, 1.807) is 0 Å². The van der Waals surface area contributed by atoms with Crippen molar-refractivity contribution < 1.29 is 0 Å². The second-order valence-electron chi connectivity index (χ2n) is 5.93. The van der Waals surface area contributed by atoms with Crippen molar-refractivity contribution in [2.24, 2.45) is 5.41 Å². The van der Waals surface area contributed by atoms with Crippen LogP contribution in [0.3, 0.4) is 0 Å². The molecule has 2 aromatic heterocycles. The predicted octanol–water partition coefficient (Wildman–Crippen LogP) is 3.34. The highest BCUT2D eigenvalue weighted by molar-refractivity contribution is 5.91. The van der Waals surface area contributed by atoms with Gasteiger partial charge in [0.15, 0.2) is 0 Å².